The molecule has 2 fully saturated rings. The van der Waals surface area contributed by atoms with Crippen molar-refractivity contribution in [1.82, 2.24) is 10.2 Å². The first-order valence-corrected chi connectivity index (χ1v) is 6.34. The Morgan fingerprint density at radius 3 is 2.67 bits per heavy atom. The van der Waals surface area contributed by atoms with E-state index in [0.29, 0.717) is 0 Å². The fourth-order valence-corrected chi connectivity index (χ4v) is 2.48. The maximum absolute atomic E-state index is 4.04. The lowest BCUT2D eigenvalue weighted by Crippen LogP contribution is -2.39. The molecule has 1 atom stereocenters. The lowest BCUT2D eigenvalue weighted by Gasteiger charge is -2.25. The number of hydrogen-bond donors (Lipinski definition) is 1. The van der Waals surface area contributed by atoms with Crippen LogP contribution in [0.15, 0.2) is 12.2 Å². The van der Waals surface area contributed by atoms with Gasteiger partial charge in [-0.15, -0.1) is 0 Å². The van der Waals surface area contributed by atoms with Gasteiger partial charge in [0, 0.05) is 25.7 Å². The maximum atomic E-state index is 4.04. The minimum absolute atomic E-state index is 0.739. The third-order valence-electron chi connectivity index (χ3n) is 3.35. The average Bonchev–Trinajstić information content (AvgIpc) is 2.80. The van der Waals surface area contributed by atoms with E-state index in [1.54, 1.807) is 0 Å². The molecule has 0 amide bonds. The molecule has 1 unspecified atom stereocenters. The smallest absolute Gasteiger partial charge is 0.0195 e. The van der Waals surface area contributed by atoms with Crippen LogP contribution in [0.25, 0.3) is 0 Å². The summed E-state index contributed by atoms with van der Waals surface area (Å²) in [6, 6.07) is 0.739. The van der Waals surface area contributed by atoms with Crippen molar-refractivity contribution in [3.05, 3.63) is 12.2 Å². The highest BCUT2D eigenvalue weighted by Crippen LogP contribution is 2.30. The highest BCUT2D eigenvalue weighted by Gasteiger charge is 2.26. The Kier molecular flexibility index (Phi) is 3.81. The molecule has 15 heavy (non-hydrogen) atoms. The van der Waals surface area contributed by atoms with E-state index in [9.17, 15) is 0 Å². The Hall–Kier alpha value is -0.340. The summed E-state index contributed by atoms with van der Waals surface area (Å²) < 4.78 is 0. The summed E-state index contributed by atoms with van der Waals surface area (Å²) in [6.45, 7) is 11.0. The van der Waals surface area contributed by atoms with Crippen LogP contribution in [0.1, 0.15) is 32.6 Å². The van der Waals surface area contributed by atoms with E-state index in [1.165, 1.54) is 50.9 Å². The van der Waals surface area contributed by atoms with Gasteiger partial charge in [0.05, 0.1) is 0 Å². The molecule has 0 bridgehead atoms. The molecule has 2 nitrogen and oxygen atoms in total. The van der Waals surface area contributed by atoms with Gasteiger partial charge in [0.25, 0.3) is 0 Å². The van der Waals surface area contributed by atoms with Crippen LogP contribution in [0.2, 0.25) is 0 Å². The van der Waals surface area contributed by atoms with Crippen LogP contribution in [0.5, 0.6) is 0 Å². The summed E-state index contributed by atoms with van der Waals surface area (Å²) >= 11 is 0. The first kappa shape index (κ1) is 11.2. The molecule has 0 radical (unpaired) electrons. The second-order valence-electron chi connectivity index (χ2n) is 5.39. The largest absolute Gasteiger partial charge is 0.313 e. The lowest BCUT2D eigenvalue weighted by atomic mass is 10.2. The van der Waals surface area contributed by atoms with Crippen LogP contribution in [0, 0.1) is 5.92 Å². The van der Waals surface area contributed by atoms with Crippen molar-refractivity contribution in [3.63, 3.8) is 0 Å². The number of nitrogens with zero attached hydrogens (tertiary/aromatic N) is 1. The molecule has 1 aliphatic heterocycles. The minimum Gasteiger partial charge on any atom is -0.313 e. The van der Waals surface area contributed by atoms with Gasteiger partial charge in [-0.1, -0.05) is 12.2 Å². The van der Waals surface area contributed by atoms with Crippen molar-refractivity contribution in [2.75, 3.05) is 26.2 Å². The third-order valence-corrected chi connectivity index (χ3v) is 3.35. The van der Waals surface area contributed by atoms with Crippen molar-refractivity contribution in [1.29, 1.82) is 0 Å². The van der Waals surface area contributed by atoms with Crippen LogP contribution in [0.4, 0.5) is 0 Å². The molecule has 0 spiro atoms. The summed E-state index contributed by atoms with van der Waals surface area (Å²) in [6.07, 6.45) is 5.61. The Balaban J connectivity index is 1.76. The quantitative estimate of drug-likeness (QED) is 0.672. The second kappa shape index (κ2) is 5.13. The number of nitrogens with one attached hydrogen (secondary N) is 1. The molecule has 1 N–H and O–H groups in total. The van der Waals surface area contributed by atoms with Crippen LogP contribution >= 0.6 is 0 Å². The zero-order chi connectivity index (χ0) is 10.7. The van der Waals surface area contributed by atoms with E-state index < -0.39 is 0 Å². The molecule has 1 heterocycles. The van der Waals surface area contributed by atoms with Crippen molar-refractivity contribution in [3.8, 4) is 0 Å². The molecular weight excluding hydrogens is 184 g/mol. The molecule has 86 valence electrons. The summed E-state index contributed by atoms with van der Waals surface area (Å²) in [5, 5.41) is 3.58. The Morgan fingerprint density at radius 2 is 2.13 bits per heavy atom. The molecule has 1 aliphatic carbocycles. The number of rotatable bonds is 6. The Morgan fingerprint density at radius 1 is 1.33 bits per heavy atom. The van der Waals surface area contributed by atoms with E-state index in [4.69, 9.17) is 0 Å². The first-order valence-electron chi connectivity index (χ1n) is 6.34. The standard InChI is InChI=1S/C13H24N2/c1-11(2)8-15(9-12-5-6-12)10-13-4-3-7-14-13/h12-14H,1,3-10H2,2H3. The van der Waals surface area contributed by atoms with Gasteiger partial charge in [-0.25, -0.2) is 0 Å². The molecule has 2 heteroatoms. The molecule has 1 saturated carbocycles. The summed E-state index contributed by atoms with van der Waals surface area (Å²) in [4.78, 5) is 2.60. The van der Waals surface area contributed by atoms with Crippen LogP contribution in [-0.2, 0) is 0 Å². The van der Waals surface area contributed by atoms with Crippen LogP contribution < -0.4 is 5.32 Å². The molecule has 0 aromatic carbocycles. The highest BCUT2D eigenvalue weighted by atomic mass is 15.2. The summed E-state index contributed by atoms with van der Waals surface area (Å²) in [5.41, 5.74) is 1.30. The van der Waals surface area contributed by atoms with Crippen LogP contribution in [-0.4, -0.2) is 37.1 Å². The van der Waals surface area contributed by atoms with Gasteiger partial charge in [-0.05, 0) is 45.1 Å². The fraction of sp³-hybridized carbons (Fsp3) is 0.846. The van der Waals surface area contributed by atoms with Gasteiger partial charge in [0.1, 0.15) is 0 Å². The van der Waals surface area contributed by atoms with Gasteiger partial charge < -0.3 is 5.32 Å². The van der Waals surface area contributed by atoms with Gasteiger partial charge in [0.2, 0.25) is 0 Å². The van der Waals surface area contributed by atoms with E-state index in [0.717, 1.165) is 18.5 Å². The lowest BCUT2D eigenvalue weighted by molar-refractivity contribution is 0.258. The van der Waals surface area contributed by atoms with Crippen molar-refractivity contribution < 1.29 is 0 Å². The van der Waals surface area contributed by atoms with Gasteiger partial charge >= 0.3 is 0 Å². The van der Waals surface area contributed by atoms with E-state index in [2.05, 4.69) is 23.7 Å². The molecule has 2 rings (SSSR count). The second-order valence-corrected chi connectivity index (χ2v) is 5.39. The highest BCUT2D eigenvalue weighted by molar-refractivity contribution is 4.94. The summed E-state index contributed by atoms with van der Waals surface area (Å²) in [5.74, 6) is 0.991. The third kappa shape index (κ3) is 3.96. The van der Waals surface area contributed by atoms with Crippen molar-refractivity contribution in [2.45, 2.75) is 38.6 Å². The zero-order valence-corrected chi connectivity index (χ0v) is 9.97. The molecule has 0 aromatic rings. The number of hydrogen-bond acceptors (Lipinski definition) is 2. The Bertz CT molecular complexity index is 215. The molecule has 2 aliphatic rings. The molecule has 1 saturated heterocycles. The fourth-order valence-electron chi connectivity index (χ4n) is 2.48. The van der Waals surface area contributed by atoms with Crippen molar-refractivity contribution >= 4 is 0 Å². The van der Waals surface area contributed by atoms with Crippen molar-refractivity contribution in [2.24, 2.45) is 5.92 Å². The van der Waals surface area contributed by atoms with E-state index in [1.807, 2.05) is 0 Å². The van der Waals surface area contributed by atoms with Gasteiger partial charge in [-0.3, -0.25) is 4.90 Å². The van der Waals surface area contributed by atoms with Gasteiger partial charge in [-0.2, -0.15) is 0 Å². The normalized spacial score (nSPS) is 26.1. The topological polar surface area (TPSA) is 15.3 Å². The summed E-state index contributed by atoms with van der Waals surface area (Å²) in [7, 11) is 0. The predicted octanol–water partition coefficient (Wildman–Crippen LogP) is 2.03. The first-order chi connectivity index (χ1) is 7.24. The SMILES string of the molecule is C=C(C)CN(CC1CC1)CC1CCCN1. The Labute approximate surface area is 93.7 Å². The van der Waals surface area contributed by atoms with E-state index in [-0.39, 0.29) is 0 Å². The van der Waals surface area contributed by atoms with Gasteiger partial charge in [0.15, 0.2) is 0 Å². The zero-order valence-electron chi connectivity index (χ0n) is 9.97. The average molecular weight is 208 g/mol. The monoisotopic (exact) mass is 208 g/mol. The van der Waals surface area contributed by atoms with E-state index >= 15 is 0 Å². The van der Waals surface area contributed by atoms with Crippen LogP contribution in [0.3, 0.4) is 0 Å². The maximum Gasteiger partial charge on any atom is 0.0195 e. The molecular formula is C13H24N2. The predicted molar refractivity (Wildman–Crippen MR) is 65.0 cm³/mol. The minimum atomic E-state index is 0.739. The molecule has 0 aromatic heterocycles.